The number of carbonyl (C=O) groups is 2. The first-order valence-corrected chi connectivity index (χ1v) is 11.1. The van der Waals surface area contributed by atoms with Gasteiger partial charge in [-0.15, -0.1) is 11.8 Å². The Balaban J connectivity index is 1.54. The molecule has 3 aromatic rings. The Bertz CT molecular complexity index is 1120. The molecule has 3 aromatic carbocycles. The highest BCUT2D eigenvalue weighted by Gasteiger charge is 2.11. The average molecular weight is 491 g/mol. The minimum absolute atomic E-state index is 0.167. The van der Waals surface area contributed by atoms with Crippen LogP contribution < -0.4 is 20.1 Å². The molecule has 0 spiro atoms. The highest BCUT2D eigenvalue weighted by atomic mass is 35.5. The average Bonchev–Trinajstić information content (AvgIpc) is 2.80. The molecule has 32 heavy (non-hydrogen) atoms. The van der Waals surface area contributed by atoms with Crippen molar-refractivity contribution >= 4 is 58.2 Å². The Morgan fingerprint density at radius 2 is 1.50 bits per heavy atom. The SMILES string of the molecule is COc1ccc(C(=O)Nc2ccc(SCC(=O)Nc3ccc(Cl)c(Cl)c3)cc2)cc1OC. The molecular weight excluding hydrogens is 471 g/mol. The van der Waals surface area contributed by atoms with E-state index in [1.54, 1.807) is 48.5 Å². The zero-order chi connectivity index (χ0) is 23.1. The van der Waals surface area contributed by atoms with Crippen LogP contribution in [0.25, 0.3) is 0 Å². The Labute approximate surface area is 200 Å². The van der Waals surface area contributed by atoms with E-state index in [1.807, 2.05) is 12.1 Å². The van der Waals surface area contributed by atoms with Gasteiger partial charge in [0.1, 0.15) is 0 Å². The number of hydrogen-bond donors (Lipinski definition) is 2. The summed E-state index contributed by atoms with van der Waals surface area (Å²) in [5.41, 5.74) is 1.66. The molecule has 166 valence electrons. The van der Waals surface area contributed by atoms with Gasteiger partial charge >= 0.3 is 0 Å². The van der Waals surface area contributed by atoms with Crippen molar-refractivity contribution in [1.82, 2.24) is 0 Å². The molecule has 0 aliphatic rings. The van der Waals surface area contributed by atoms with Crippen LogP contribution in [-0.4, -0.2) is 31.8 Å². The van der Waals surface area contributed by atoms with Crippen molar-refractivity contribution in [3.8, 4) is 11.5 Å². The highest BCUT2D eigenvalue weighted by molar-refractivity contribution is 8.00. The van der Waals surface area contributed by atoms with Gasteiger partial charge in [0.15, 0.2) is 11.5 Å². The standard InChI is InChI=1S/C23H20Cl2N2O4S/c1-30-20-10-3-14(11-21(20)31-2)23(29)27-15-4-7-17(8-5-15)32-13-22(28)26-16-6-9-18(24)19(25)12-16/h3-12H,13H2,1-2H3,(H,26,28)(H,27,29). The van der Waals surface area contributed by atoms with Crippen LogP contribution >= 0.6 is 35.0 Å². The lowest BCUT2D eigenvalue weighted by atomic mass is 10.2. The molecule has 0 radical (unpaired) electrons. The van der Waals surface area contributed by atoms with Gasteiger partial charge in [-0.3, -0.25) is 9.59 Å². The molecule has 0 aliphatic heterocycles. The maximum atomic E-state index is 12.5. The number of anilines is 2. The summed E-state index contributed by atoms with van der Waals surface area (Å²) in [6.45, 7) is 0. The molecule has 2 amide bonds. The van der Waals surface area contributed by atoms with Crippen LogP contribution in [0.1, 0.15) is 10.4 Å². The molecule has 0 aromatic heterocycles. The van der Waals surface area contributed by atoms with E-state index >= 15 is 0 Å². The van der Waals surface area contributed by atoms with Crippen LogP contribution in [-0.2, 0) is 4.79 Å². The lowest BCUT2D eigenvalue weighted by Gasteiger charge is -2.10. The number of halogens is 2. The first-order chi connectivity index (χ1) is 15.4. The van der Waals surface area contributed by atoms with E-state index in [9.17, 15) is 9.59 Å². The molecule has 2 N–H and O–H groups in total. The van der Waals surface area contributed by atoms with Crippen LogP contribution in [0.15, 0.2) is 65.6 Å². The van der Waals surface area contributed by atoms with Crippen LogP contribution in [0, 0.1) is 0 Å². The molecule has 0 bridgehead atoms. The van der Waals surface area contributed by atoms with Gasteiger partial charge in [-0.05, 0) is 60.7 Å². The highest BCUT2D eigenvalue weighted by Crippen LogP contribution is 2.28. The van der Waals surface area contributed by atoms with Gasteiger partial charge in [-0.1, -0.05) is 23.2 Å². The van der Waals surface area contributed by atoms with Crippen molar-refractivity contribution in [3.05, 3.63) is 76.3 Å². The maximum absolute atomic E-state index is 12.5. The molecule has 3 rings (SSSR count). The number of nitrogens with one attached hydrogen (secondary N) is 2. The minimum Gasteiger partial charge on any atom is -0.493 e. The van der Waals surface area contributed by atoms with Crippen molar-refractivity contribution in [2.75, 3.05) is 30.6 Å². The minimum atomic E-state index is -0.271. The largest absolute Gasteiger partial charge is 0.493 e. The summed E-state index contributed by atoms with van der Waals surface area (Å²) < 4.78 is 10.4. The van der Waals surface area contributed by atoms with Gasteiger partial charge in [0.2, 0.25) is 5.91 Å². The van der Waals surface area contributed by atoms with Crippen molar-refractivity contribution in [3.63, 3.8) is 0 Å². The number of methoxy groups -OCH3 is 2. The van der Waals surface area contributed by atoms with Crippen molar-refractivity contribution < 1.29 is 19.1 Å². The normalized spacial score (nSPS) is 10.4. The van der Waals surface area contributed by atoms with E-state index in [2.05, 4.69) is 10.6 Å². The number of benzene rings is 3. The zero-order valence-corrected chi connectivity index (χ0v) is 19.6. The summed E-state index contributed by atoms with van der Waals surface area (Å²) in [5.74, 6) is 0.809. The topological polar surface area (TPSA) is 76.7 Å². The quantitative estimate of drug-likeness (QED) is 0.379. The lowest BCUT2D eigenvalue weighted by Crippen LogP contribution is -2.14. The number of ether oxygens (including phenoxy) is 2. The van der Waals surface area contributed by atoms with Gasteiger partial charge in [0.05, 0.1) is 30.0 Å². The Kier molecular flexibility index (Phi) is 8.27. The van der Waals surface area contributed by atoms with E-state index in [1.165, 1.54) is 26.0 Å². The fraction of sp³-hybridized carbons (Fsp3) is 0.130. The molecular formula is C23H20Cl2N2O4S. The Morgan fingerprint density at radius 1 is 0.812 bits per heavy atom. The summed E-state index contributed by atoms with van der Waals surface area (Å²) in [6.07, 6.45) is 0. The van der Waals surface area contributed by atoms with E-state index < -0.39 is 0 Å². The van der Waals surface area contributed by atoms with Gasteiger partial charge in [-0.2, -0.15) is 0 Å². The van der Waals surface area contributed by atoms with Crippen molar-refractivity contribution in [2.24, 2.45) is 0 Å². The third kappa shape index (κ3) is 6.32. The second-order valence-electron chi connectivity index (χ2n) is 6.51. The number of rotatable bonds is 8. The first kappa shape index (κ1) is 23.8. The van der Waals surface area contributed by atoms with Crippen LogP contribution in [0.4, 0.5) is 11.4 Å². The number of amides is 2. The molecule has 0 unspecified atom stereocenters. The molecule has 0 fully saturated rings. The van der Waals surface area contributed by atoms with Gasteiger partial charge in [-0.25, -0.2) is 0 Å². The second kappa shape index (κ2) is 11.1. The zero-order valence-electron chi connectivity index (χ0n) is 17.3. The molecule has 0 atom stereocenters. The van der Waals surface area contributed by atoms with Gasteiger partial charge in [0.25, 0.3) is 5.91 Å². The summed E-state index contributed by atoms with van der Waals surface area (Å²) >= 11 is 13.2. The fourth-order valence-corrected chi connectivity index (χ4v) is 3.73. The van der Waals surface area contributed by atoms with Crippen molar-refractivity contribution in [1.29, 1.82) is 0 Å². The van der Waals surface area contributed by atoms with Crippen LogP contribution in [0.5, 0.6) is 11.5 Å². The summed E-state index contributed by atoms with van der Waals surface area (Å²) in [5, 5.41) is 6.41. The first-order valence-electron chi connectivity index (χ1n) is 9.40. The monoisotopic (exact) mass is 490 g/mol. The molecule has 0 heterocycles. The lowest BCUT2D eigenvalue weighted by molar-refractivity contribution is -0.113. The predicted molar refractivity (Wildman–Crippen MR) is 130 cm³/mol. The Hall–Kier alpha value is -2.87. The molecule has 0 saturated carbocycles. The smallest absolute Gasteiger partial charge is 0.255 e. The molecule has 9 heteroatoms. The molecule has 0 aliphatic carbocycles. The van der Waals surface area contributed by atoms with E-state index in [-0.39, 0.29) is 17.6 Å². The van der Waals surface area contributed by atoms with Crippen molar-refractivity contribution in [2.45, 2.75) is 4.90 Å². The summed E-state index contributed by atoms with van der Waals surface area (Å²) in [6, 6.07) is 17.1. The number of hydrogen-bond acceptors (Lipinski definition) is 5. The fourth-order valence-electron chi connectivity index (χ4n) is 2.74. The van der Waals surface area contributed by atoms with Gasteiger partial charge < -0.3 is 20.1 Å². The van der Waals surface area contributed by atoms with Crippen LogP contribution in [0.3, 0.4) is 0 Å². The number of thioether (sulfide) groups is 1. The predicted octanol–water partition coefficient (Wildman–Crippen LogP) is 5.99. The summed E-state index contributed by atoms with van der Waals surface area (Å²) in [7, 11) is 3.05. The van der Waals surface area contributed by atoms with Crippen LogP contribution in [0.2, 0.25) is 10.0 Å². The summed E-state index contributed by atoms with van der Waals surface area (Å²) in [4.78, 5) is 25.6. The third-order valence-electron chi connectivity index (χ3n) is 4.33. The van der Waals surface area contributed by atoms with E-state index in [0.717, 1.165) is 4.90 Å². The maximum Gasteiger partial charge on any atom is 0.255 e. The Morgan fingerprint density at radius 3 is 2.16 bits per heavy atom. The van der Waals surface area contributed by atoms with Gasteiger partial charge in [0, 0.05) is 21.8 Å². The van der Waals surface area contributed by atoms with E-state index in [0.29, 0.717) is 38.5 Å². The number of carbonyl (C=O) groups excluding carboxylic acids is 2. The molecule has 0 saturated heterocycles. The second-order valence-corrected chi connectivity index (χ2v) is 8.38. The third-order valence-corrected chi connectivity index (χ3v) is 6.08. The molecule has 6 nitrogen and oxygen atoms in total. The van der Waals surface area contributed by atoms with E-state index in [4.69, 9.17) is 32.7 Å².